The third-order valence-corrected chi connectivity index (χ3v) is 2.87. The fourth-order valence-electron chi connectivity index (χ4n) is 0.852. The minimum atomic E-state index is -0.547. The lowest BCUT2D eigenvalue weighted by molar-refractivity contribution is 0.687. The second kappa shape index (κ2) is 2.60. The summed E-state index contributed by atoms with van der Waals surface area (Å²) in [6, 6.07) is 0.399. The smallest absolute Gasteiger partial charge is 0.0220 e. The van der Waals surface area contributed by atoms with E-state index in [4.69, 9.17) is 0 Å². The zero-order valence-electron chi connectivity index (χ0n) is 4.96. The van der Waals surface area contributed by atoms with E-state index < -0.39 is 10.8 Å². The first-order valence-electron chi connectivity index (χ1n) is 2.77. The number of nitrogens with zero attached hydrogens (tertiary/aromatic N) is 1. The molecule has 1 aliphatic heterocycles. The lowest BCUT2D eigenvalue weighted by Gasteiger charge is -2.18. The highest BCUT2D eigenvalue weighted by atomic mass is 32.2. The van der Waals surface area contributed by atoms with Gasteiger partial charge in [-0.1, -0.05) is 6.42 Å². The minimum absolute atomic E-state index is 0.399. The molecular weight excluding hydrogens is 122 g/mol. The fraction of sp³-hybridized carbons (Fsp3) is 1.00. The number of hydrogen-bond donors (Lipinski definition) is 0. The minimum Gasteiger partial charge on any atom is -0.661 e. The number of hydrogen-bond acceptors (Lipinski definition) is 1. The lowest BCUT2D eigenvalue weighted by atomic mass is 10.3. The van der Waals surface area contributed by atoms with Crippen LogP contribution in [0.25, 0.3) is 5.32 Å². The maximum absolute atomic E-state index is 10.7. The first kappa shape index (κ1) is 6.23. The van der Waals surface area contributed by atoms with Crippen LogP contribution >= 0.6 is 0 Å². The molecule has 0 aromatic heterocycles. The Labute approximate surface area is 52.1 Å². The average molecular weight is 132 g/mol. The zero-order valence-corrected chi connectivity index (χ0v) is 5.78. The van der Waals surface area contributed by atoms with Crippen molar-refractivity contribution < 1.29 is 4.21 Å². The predicted octanol–water partition coefficient (Wildman–Crippen LogP) is 0.511. The second-order valence-corrected chi connectivity index (χ2v) is 3.63. The van der Waals surface area contributed by atoms with Gasteiger partial charge in [0, 0.05) is 22.3 Å². The molecule has 2 unspecified atom stereocenters. The Bertz CT molecular complexity index is 105. The van der Waals surface area contributed by atoms with Crippen LogP contribution in [-0.2, 0) is 10.8 Å². The Morgan fingerprint density at radius 1 is 1.75 bits per heavy atom. The van der Waals surface area contributed by atoms with E-state index in [1.165, 1.54) is 0 Å². The van der Waals surface area contributed by atoms with Crippen molar-refractivity contribution in [2.75, 3.05) is 18.6 Å². The number of rotatable bonds is 1. The molecule has 1 saturated heterocycles. The Morgan fingerprint density at radius 2 is 2.50 bits per heavy atom. The SMILES string of the molecule is C[N-]C1CCS(=O)C1. The summed E-state index contributed by atoms with van der Waals surface area (Å²) in [5.41, 5.74) is 0. The Morgan fingerprint density at radius 3 is 2.75 bits per heavy atom. The summed E-state index contributed by atoms with van der Waals surface area (Å²) in [5.74, 6) is 1.67. The highest BCUT2D eigenvalue weighted by molar-refractivity contribution is 7.85. The lowest BCUT2D eigenvalue weighted by Crippen LogP contribution is -2.03. The molecule has 1 rings (SSSR count). The van der Waals surface area contributed by atoms with Gasteiger partial charge in [-0.15, -0.1) is 6.04 Å². The molecule has 0 saturated carbocycles. The zero-order chi connectivity index (χ0) is 5.98. The topological polar surface area (TPSA) is 31.2 Å². The third kappa shape index (κ3) is 1.29. The van der Waals surface area contributed by atoms with Crippen molar-refractivity contribution in [3.8, 4) is 0 Å². The van der Waals surface area contributed by atoms with E-state index in [-0.39, 0.29) is 0 Å². The van der Waals surface area contributed by atoms with Crippen LogP contribution in [0.2, 0.25) is 0 Å². The standard InChI is InChI=1S/C5H10NOS/c1-6-5-2-3-8(7)4-5/h5H,2-4H2,1H3/q-1. The molecule has 0 aromatic carbocycles. The van der Waals surface area contributed by atoms with Crippen LogP contribution in [0.15, 0.2) is 0 Å². The molecule has 1 aliphatic rings. The van der Waals surface area contributed by atoms with Crippen molar-refractivity contribution in [1.82, 2.24) is 0 Å². The Balaban J connectivity index is 2.32. The van der Waals surface area contributed by atoms with Gasteiger partial charge in [0.25, 0.3) is 0 Å². The van der Waals surface area contributed by atoms with Crippen LogP contribution in [0.4, 0.5) is 0 Å². The molecule has 1 heterocycles. The first-order valence-corrected chi connectivity index (χ1v) is 4.25. The first-order chi connectivity index (χ1) is 3.83. The molecule has 3 heteroatoms. The highest BCUT2D eigenvalue weighted by Gasteiger charge is 2.11. The van der Waals surface area contributed by atoms with Crippen LogP contribution < -0.4 is 0 Å². The molecule has 0 aliphatic carbocycles. The van der Waals surface area contributed by atoms with E-state index in [9.17, 15) is 4.21 Å². The van der Waals surface area contributed by atoms with Gasteiger partial charge < -0.3 is 5.32 Å². The molecule has 2 atom stereocenters. The summed E-state index contributed by atoms with van der Waals surface area (Å²) in [6.07, 6.45) is 1.03. The summed E-state index contributed by atoms with van der Waals surface area (Å²) >= 11 is 0. The van der Waals surface area contributed by atoms with Crippen molar-refractivity contribution >= 4 is 10.8 Å². The molecular formula is C5H10NOS-. The van der Waals surface area contributed by atoms with E-state index in [0.717, 1.165) is 17.9 Å². The van der Waals surface area contributed by atoms with Crippen LogP contribution in [0.5, 0.6) is 0 Å². The van der Waals surface area contributed by atoms with E-state index >= 15 is 0 Å². The summed E-state index contributed by atoms with van der Waals surface area (Å²) in [6.45, 7) is 0. The van der Waals surface area contributed by atoms with Gasteiger partial charge in [-0.25, -0.2) is 0 Å². The average Bonchev–Trinajstić information content (AvgIpc) is 2.14. The molecule has 8 heavy (non-hydrogen) atoms. The molecule has 48 valence electrons. The van der Waals surface area contributed by atoms with E-state index in [0.29, 0.717) is 6.04 Å². The Kier molecular flexibility index (Phi) is 2.02. The summed E-state index contributed by atoms with van der Waals surface area (Å²) < 4.78 is 10.7. The maximum atomic E-state index is 10.7. The van der Waals surface area contributed by atoms with Gasteiger partial charge in [-0.3, -0.25) is 4.21 Å². The van der Waals surface area contributed by atoms with Gasteiger partial charge in [0.15, 0.2) is 0 Å². The maximum Gasteiger partial charge on any atom is 0.0220 e. The highest BCUT2D eigenvalue weighted by Crippen LogP contribution is 2.12. The van der Waals surface area contributed by atoms with Crippen LogP contribution in [0, 0.1) is 0 Å². The predicted molar refractivity (Wildman–Crippen MR) is 35.6 cm³/mol. The van der Waals surface area contributed by atoms with Crippen LogP contribution in [0.1, 0.15) is 6.42 Å². The Hall–Kier alpha value is 0.110. The molecule has 1 fully saturated rings. The van der Waals surface area contributed by atoms with Gasteiger partial charge in [0.05, 0.1) is 0 Å². The largest absolute Gasteiger partial charge is 0.661 e. The van der Waals surface area contributed by atoms with Crippen molar-refractivity contribution in [3.05, 3.63) is 5.32 Å². The second-order valence-electron chi connectivity index (χ2n) is 2.01. The summed E-state index contributed by atoms with van der Waals surface area (Å²) in [4.78, 5) is 0. The van der Waals surface area contributed by atoms with Crippen LogP contribution in [-0.4, -0.2) is 28.8 Å². The van der Waals surface area contributed by atoms with Gasteiger partial charge in [-0.2, -0.15) is 7.05 Å². The van der Waals surface area contributed by atoms with Crippen LogP contribution in [0.3, 0.4) is 0 Å². The van der Waals surface area contributed by atoms with E-state index in [1.807, 2.05) is 0 Å². The normalized spacial score (nSPS) is 38.1. The molecule has 0 amide bonds. The van der Waals surface area contributed by atoms with E-state index in [1.54, 1.807) is 7.05 Å². The molecule has 0 N–H and O–H groups in total. The fourth-order valence-corrected chi connectivity index (χ4v) is 2.30. The van der Waals surface area contributed by atoms with Gasteiger partial charge >= 0.3 is 0 Å². The summed E-state index contributed by atoms with van der Waals surface area (Å²) in [7, 11) is 1.25. The van der Waals surface area contributed by atoms with Crippen molar-refractivity contribution in [1.29, 1.82) is 0 Å². The molecule has 2 nitrogen and oxygen atoms in total. The van der Waals surface area contributed by atoms with Crippen molar-refractivity contribution in [2.24, 2.45) is 0 Å². The molecule has 0 aromatic rings. The van der Waals surface area contributed by atoms with E-state index in [2.05, 4.69) is 5.32 Å². The third-order valence-electron chi connectivity index (χ3n) is 1.42. The molecule has 0 radical (unpaired) electrons. The summed E-state index contributed by atoms with van der Waals surface area (Å²) in [5, 5.41) is 4.04. The van der Waals surface area contributed by atoms with Gasteiger partial charge in [0.2, 0.25) is 0 Å². The molecule has 0 bridgehead atoms. The van der Waals surface area contributed by atoms with Crippen molar-refractivity contribution in [2.45, 2.75) is 12.5 Å². The van der Waals surface area contributed by atoms with Gasteiger partial charge in [-0.05, 0) is 0 Å². The monoisotopic (exact) mass is 132 g/mol. The van der Waals surface area contributed by atoms with Crippen molar-refractivity contribution in [3.63, 3.8) is 0 Å². The van der Waals surface area contributed by atoms with Gasteiger partial charge in [0.1, 0.15) is 0 Å². The molecule has 0 spiro atoms. The quantitative estimate of drug-likeness (QED) is 0.511.